The van der Waals surface area contributed by atoms with Crippen molar-refractivity contribution in [2.75, 3.05) is 14.1 Å². The number of hydrogen-bond donors (Lipinski definition) is 2. The van der Waals surface area contributed by atoms with Crippen LogP contribution < -0.4 is 11.3 Å². The van der Waals surface area contributed by atoms with E-state index in [-0.39, 0.29) is 11.8 Å². The molecule has 0 bridgehead atoms. The Morgan fingerprint density at radius 1 is 1.56 bits per heavy atom. The molecule has 16 heavy (non-hydrogen) atoms. The molecule has 90 valence electrons. The van der Waals surface area contributed by atoms with Gasteiger partial charge in [-0.25, -0.2) is 10.8 Å². The second-order valence-electron chi connectivity index (χ2n) is 4.19. The van der Waals surface area contributed by atoms with Crippen LogP contribution >= 0.6 is 11.3 Å². The van der Waals surface area contributed by atoms with E-state index in [0.29, 0.717) is 4.88 Å². The van der Waals surface area contributed by atoms with E-state index in [2.05, 4.69) is 10.4 Å². The van der Waals surface area contributed by atoms with E-state index in [1.807, 2.05) is 32.8 Å². The van der Waals surface area contributed by atoms with Crippen molar-refractivity contribution in [2.24, 2.45) is 5.84 Å². The number of hydrogen-bond acceptors (Lipinski definition) is 5. The summed E-state index contributed by atoms with van der Waals surface area (Å²) in [5.41, 5.74) is 2.98. The fourth-order valence-corrected chi connectivity index (χ4v) is 2.58. The van der Waals surface area contributed by atoms with E-state index in [9.17, 15) is 4.79 Å². The quantitative estimate of drug-likeness (QED) is 0.468. The molecule has 0 atom stereocenters. The molecule has 0 fully saturated rings. The molecule has 0 saturated heterocycles. The van der Waals surface area contributed by atoms with Crippen LogP contribution in [0.2, 0.25) is 0 Å². The molecule has 1 rings (SSSR count). The molecule has 0 radical (unpaired) electrons. The van der Waals surface area contributed by atoms with Gasteiger partial charge >= 0.3 is 0 Å². The summed E-state index contributed by atoms with van der Waals surface area (Å²) < 4.78 is 0. The lowest BCUT2D eigenvalue weighted by molar-refractivity contribution is 0.0956. The third-order valence-electron chi connectivity index (χ3n) is 2.03. The van der Waals surface area contributed by atoms with E-state index in [0.717, 1.165) is 17.2 Å². The Bertz CT molecular complexity index is 373. The van der Waals surface area contributed by atoms with E-state index in [1.54, 1.807) is 0 Å². The Hall–Kier alpha value is -0.980. The zero-order valence-electron chi connectivity index (χ0n) is 10.1. The highest BCUT2D eigenvalue weighted by Crippen LogP contribution is 2.25. The van der Waals surface area contributed by atoms with Gasteiger partial charge in [-0.15, -0.1) is 11.3 Å². The van der Waals surface area contributed by atoms with Crippen molar-refractivity contribution in [1.82, 2.24) is 15.3 Å². The van der Waals surface area contributed by atoms with E-state index >= 15 is 0 Å². The van der Waals surface area contributed by atoms with Gasteiger partial charge in [-0.2, -0.15) is 0 Å². The largest absolute Gasteiger partial charge is 0.303 e. The summed E-state index contributed by atoms with van der Waals surface area (Å²) in [5.74, 6) is 5.12. The summed E-state index contributed by atoms with van der Waals surface area (Å²) in [4.78, 5) is 18.7. The molecule has 0 saturated carbocycles. The van der Waals surface area contributed by atoms with Crippen molar-refractivity contribution in [3.63, 3.8) is 0 Å². The maximum absolute atomic E-state index is 11.6. The first kappa shape index (κ1) is 13.1. The van der Waals surface area contributed by atoms with Crippen LogP contribution in [0, 0.1) is 0 Å². The highest BCUT2D eigenvalue weighted by atomic mass is 32.1. The van der Waals surface area contributed by atoms with Gasteiger partial charge in [-0.1, -0.05) is 13.8 Å². The van der Waals surface area contributed by atoms with Crippen molar-refractivity contribution in [1.29, 1.82) is 0 Å². The summed E-state index contributed by atoms with van der Waals surface area (Å²) in [6.07, 6.45) is 0. The van der Waals surface area contributed by atoms with E-state index < -0.39 is 0 Å². The number of nitrogens with one attached hydrogen (secondary N) is 1. The van der Waals surface area contributed by atoms with Crippen LogP contribution in [0.5, 0.6) is 0 Å². The number of nitrogen functional groups attached to an aromatic ring is 1. The molecule has 1 amide bonds. The molecular weight excluding hydrogens is 224 g/mol. The Morgan fingerprint density at radius 3 is 2.62 bits per heavy atom. The summed E-state index contributed by atoms with van der Waals surface area (Å²) in [5, 5.41) is 0.937. The number of hydrazine groups is 1. The summed E-state index contributed by atoms with van der Waals surface area (Å²) in [6.45, 7) is 4.77. The molecule has 0 aromatic carbocycles. The molecule has 0 aliphatic rings. The fraction of sp³-hybridized carbons (Fsp3) is 0.600. The Labute approximate surface area is 99.6 Å². The molecule has 1 heterocycles. The van der Waals surface area contributed by atoms with Gasteiger partial charge in [-0.05, 0) is 20.0 Å². The van der Waals surface area contributed by atoms with Crippen molar-refractivity contribution in [3.05, 3.63) is 15.6 Å². The molecule has 0 unspecified atom stereocenters. The smallest absolute Gasteiger partial charge is 0.277 e. The zero-order chi connectivity index (χ0) is 12.3. The van der Waals surface area contributed by atoms with E-state index in [1.165, 1.54) is 11.3 Å². The van der Waals surface area contributed by atoms with Crippen molar-refractivity contribution >= 4 is 17.2 Å². The van der Waals surface area contributed by atoms with Gasteiger partial charge in [0.2, 0.25) is 0 Å². The van der Waals surface area contributed by atoms with Crippen molar-refractivity contribution in [3.8, 4) is 0 Å². The number of amides is 1. The average molecular weight is 242 g/mol. The van der Waals surface area contributed by atoms with E-state index in [4.69, 9.17) is 5.84 Å². The molecule has 1 aromatic heterocycles. The number of nitrogens with two attached hydrogens (primary N) is 1. The number of carbonyl (C=O) groups excluding carboxylic acids is 1. The van der Waals surface area contributed by atoms with Crippen LogP contribution in [0.3, 0.4) is 0 Å². The van der Waals surface area contributed by atoms with Crippen LogP contribution in [0.1, 0.15) is 40.1 Å². The Kier molecular flexibility index (Phi) is 4.40. The van der Waals surface area contributed by atoms with Crippen LogP contribution in [-0.4, -0.2) is 29.9 Å². The Balaban J connectivity index is 3.05. The molecule has 0 aliphatic heterocycles. The first-order valence-corrected chi connectivity index (χ1v) is 5.92. The summed E-state index contributed by atoms with van der Waals surface area (Å²) in [7, 11) is 3.94. The molecule has 0 spiro atoms. The predicted molar refractivity (Wildman–Crippen MR) is 65.2 cm³/mol. The van der Waals surface area contributed by atoms with Gasteiger partial charge in [0.25, 0.3) is 5.91 Å². The van der Waals surface area contributed by atoms with Crippen LogP contribution in [-0.2, 0) is 6.54 Å². The van der Waals surface area contributed by atoms with Crippen LogP contribution in [0.4, 0.5) is 0 Å². The van der Waals surface area contributed by atoms with Gasteiger partial charge in [0.1, 0.15) is 9.88 Å². The summed E-state index contributed by atoms with van der Waals surface area (Å²) >= 11 is 1.40. The molecule has 6 heteroatoms. The fourth-order valence-electron chi connectivity index (χ4n) is 1.34. The van der Waals surface area contributed by atoms with Gasteiger partial charge in [-0.3, -0.25) is 10.2 Å². The number of carbonyl (C=O) groups is 1. The standard InChI is InChI=1S/C10H18N4OS/c1-6(2)8-9(10(15)13-11)16-7(12-8)5-14(3)4/h6H,5,11H2,1-4H3,(H,13,15). The number of rotatable bonds is 4. The maximum atomic E-state index is 11.6. The predicted octanol–water partition coefficient (Wildman–Crippen LogP) is 0.932. The minimum absolute atomic E-state index is 0.222. The van der Waals surface area contributed by atoms with Gasteiger partial charge in [0.05, 0.1) is 5.69 Å². The average Bonchev–Trinajstić information content (AvgIpc) is 2.59. The zero-order valence-corrected chi connectivity index (χ0v) is 10.9. The maximum Gasteiger partial charge on any atom is 0.277 e. The lowest BCUT2D eigenvalue weighted by Gasteiger charge is -2.05. The topological polar surface area (TPSA) is 71.2 Å². The molecular formula is C10H18N4OS. The molecule has 3 N–H and O–H groups in total. The third-order valence-corrected chi connectivity index (χ3v) is 3.09. The second-order valence-corrected chi connectivity index (χ2v) is 5.27. The van der Waals surface area contributed by atoms with Gasteiger partial charge in [0, 0.05) is 6.54 Å². The molecule has 1 aromatic rings. The monoisotopic (exact) mass is 242 g/mol. The highest BCUT2D eigenvalue weighted by Gasteiger charge is 2.19. The first-order valence-electron chi connectivity index (χ1n) is 5.11. The van der Waals surface area contributed by atoms with Gasteiger partial charge < -0.3 is 4.90 Å². The van der Waals surface area contributed by atoms with Crippen LogP contribution in [0.15, 0.2) is 0 Å². The lowest BCUT2D eigenvalue weighted by Crippen LogP contribution is -2.30. The van der Waals surface area contributed by atoms with Crippen LogP contribution in [0.25, 0.3) is 0 Å². The third kappa shape index (κ3) is 3.01. The number of thiazole rings is 1. The lowest BCUT2D eigenvalue weighted by atomic mass is 10.1. The summed E-state index contributed by atoms with van der Waals surface area (Å²) in [6, 6.07) is 0. The highest BCUT2D eigenvalue weighted by molar-refractivity contribution is 7.13. The molecule has 5 nitrogen and oxygen atoms in total. The van der Waals surface area contributed by atoms with Crippen molar-refractivity contribution < 1.29 is 4.79 Å². The second kappa shape index (κ2) is 5.38. The van der Waals surface area contributed by atoms with Gasteiger partial charge in [0.15, 0.2) is 0 Å². The first-order chi connectivity index (χ1) is 7.45. The SMILES string of the molecule is CC(C)c1nc(CN(C)C)sc1C(=O)NN. The Morgan fingerprint density at radius 2 is 2.19 bits per heavy atom. The number of nitrogens with zero attached hydrogens (tertiary/aromatic N) is 2. The normalized spacial score (nSPS) is 11.2. The molecule has 0 aliphatic carbocycles. The minimum Gasteiger partial charge on any atom is -0.303 e. The number of aromatic nitrogens is 1. The van der Waals surface area contributed by atoms with Crippen molar-refractivity contribution in [2.45, 2.75) is 26.3 Å². The minimum atomic E-state index is -0.258.